The van der Waals surface area contributed by atoms with Gasteiger partial charge < -0.3 is 9.47 Å². The molecule has 0 N–H and O–H groups in total. The molecule has 0 unspecified atom stereocenters. The molecule has 2 aromatic rings. The number of rotatable bonds is 3. The summed E-state index contributed by atoms with van der Waals surface area (Å²) in [6.45, 7) is 3.88. The van der Waals surface area contributed by atoms with E-state index in [1.54, 1.807) is 14.2 Å². The second-order valence-corrected chi connectivity index (χ2v) is 3.73. The van der Waals surface area contributed by atoms with Crippen LogP contribution in [0.25, 0.3) is 11.1 Å². The lowest BCUT2D eigenvalue weighted by Crippen LogP contribution is -1.92. The van der Waals surface area contributed by atoms with Crippen LogP contribution in [0.3, 0.4) is 0 Å². The lowest BCUT2D eigenvalue weighted by atomic mass is 10.0. The zero-order valence-electron chi connectivity index (χ0n) is 10.1. The zero-order valence-corrected chi connectivity index (χ0v) is 10.1. The summed E-state index contributed by atoms with van der Waals surface area (Å²) >= 11 is 0. The van der Waals surface area contributed by atoms with Gasteiger partial charge in [-0.15, -0.1) is 0 Å². The standard InChI is InChI=1S/C15H15O2/c1-11-7-9-12(10-8-11)15-13(16-2)5-4-6-14(15)17-3/h4-10H,1H2,2-3H3. The van der Waals surface area contributed by atoms with Crippen molar-refractivity contribution < 1.29 is 9.47 Å². The Hall–Kier alpha value is -1.96. The molecule has 0 atom stereocenters. The third-order valence-corrected chi connectivity index (χ3v) is 2.67. The van der Waals surface area contributed by atoms with Crippen molar-refractivity contribution in [3.05, 3.63) is 55.0 Å². The number of hydrogen-bond donors (Lipinski definition) is 0. The molecule has 0 fully saturated rings. The molecule has 0 aromatic heterocycles. The fourth-order valence-corrected chi connectivity index (χ4v) is 1.81. The summed E-state index contributed by atoms with van der Waals surface area (Å²) in [5, 5.41) is 0. The average Bonchev–Trinajstić information content (AvgIpc) is 2.38. The third kappa shape index (κ3) is 2.26. The van der Waals surface area contributed by atoms with Gasteiger partial charge in [0.25, 0.3) is 0 Å². The van der Waals surface area contributed by atoms with Crippen LogP contribution in [0.2, 0.25) is 0 Å². The number of ether oxygens (including phenoxy) is 2. The SMILES string of the molecule is [CH2]c1ccc(-c2c(OC)cccc2OC)cc1. The highest BCUT2D eigenvalue weighted by Crippen LogP contribution is 2.38. The maximum Gasteiger partial charge on any atom is 0.130 e. The van der Waals surface area contributed by atoms with Crippen molar-refractivity contribution in [2.75, 3.05) is 14.2 Å². The Morgan fingerprint density at radius 2 is 1.35 bits per heavy atom. The molecule has 0 aliphatic rings. The van der Waals surface area contributed by atoms with Crippen LogP contribution in [0.1, 0.15) is 5.56 Å². The third-order valence-electron chi connectivity index (χ3n) is 2.67. The van der Waals surface area contributed by atoms with Crippen molar-refractivity contribution in [2.45, 2.75) is 0 Å². The Balaban J connectivity index is 2.59. The molecular weight excluding hydrogens is 212 g/mol. The van der Waals surface area contributed by atoms with Gasteiger partial charge in [0, 0.05) is 0 Å². The van der Waals surface area contributed by atoms with Gasteiger partial charge in [0.2, 0.25) is 0 Å². The smallest absolute Gasteiger partial charge is 0.130 e. The van der Waals surface area contributed by atoms with Crippen LogP contribution in [0.15, 0.2) is 42.5 Å². The summed E-state index contributed by atoms with van der Waals surface area (Å²) in [5.74, 6) is 1.61. The second-order valence-electron chi connectivity index (χ2n) is 3.73. The van der Waals surface area contributed by atoms with E-state index in [4.69, 9.17) is 9.47 Å². The lowest BCUT2D eigenvalue weighted by molar-refractivity contribution is 0.397. The summed E-state index contributed by atoms with van der Waals surface area (Å²) in [4.78, 5) is 0. The zero-order chi connectivity index (χ0) is 12.3. The Labute approximate surface area is 102 Å². The van der Waals surface area contributed by atoms with Crippen molar-refractivity contribution >= 4 is 0 Å². The molecular formula is C15H15O2. The maximum atomic E-state index is 5.38. The van der Waals surface area contributed by atoms with E-state index in [1.807, 2.05) is 42.5 Å². The van der Waals surface area contributed by atoms with Gasteiger partial charge in [-0.1, -0.05) is 30.3 Å². The summed E-state index contributed by atoms with van der Waals surface area (Å²) in [6, 6.07) is 13.7. The Bertz CT molecular complexity index is 479. The number of methoxy groups -OCH3 is 2. The van der Waals surface area contributed by atoms with Crippen molar-refractivity contribution in [1.29, 1.82) is 0 Å². The first-order valence-corrected chi connectivity index (χ1v) is 5.39. The van der Waals surface area contributed by atoms with Crippen molar-refractivity contribution in [1.82, 2.24) is 0 Å². The fourth-order valence-electron chi connectivity index (χ4n) is 1.81. The van der Waals surface area contributed by atoms with Gasteiger partial charge in [-0.05, 0) is 30.2 Å². The van der Waals surface area contributed by atoms with E-state index in [1.165, 1.54) is 0 Å². The first-order valence-electron chi connectivity index (χ1n) is 5.39. The van der Waals surface area contributed by atoms with Crippen LogP contribution in [-0.4, -0.2) is 14.2 Å². The summed E-state index contributed by atoms with van der Waals surface area (Å²) in [5.41, 5.74) is 3.02. The normalized spacial score (nSPS) is 10.1. The summed E-state index contributed by atoms with van der Waals surface area (Å²) < 4.78 is 10.8. The summed E-state index contributed by atoms with van der Waals surface area (Å²) in [7, 11) is 3.32. The highest BCUT2D eigenvalue weighted by Gasteiger charge is 2.11. The molecule has 0 saturated heterocycles. The van der Waals surface area contributed by atoms with Crippen LogP contribution in [-0.2, 0) is 0 Å². The molecule has 0 bridgehead atoms. The largest absolute Gasteiger partial charge is 0.496 e. The highest BCUT2D eigenvalue weighted by atomic mass is 16.5. The van der Waals surface area contributed by atoms with Gasteiger partial charge in [-0.2, -0.15) is 0 Å². The van der Waals surface area contributed by atoms with Crippen LogP contribution in [0, 0.1) is 6.92 Å². The van der Waals surface area contributed by atoms with E-state index in [-0.39, 0.29) is 0 Å². The minimum atomic E-state index is 0.807. The van der Waals surface area contributed by atoms with Gasteiger partial charge >= 0.3 is 0 Å². The number of benzene rings is 2. The van der Waals surface area contributed by atoms with Crippen LogP contribution in [0.5, 0.6) is 11.5 Å². The van der Waals surface area contributed by atoms with E-state index >= 15 is 0 Å². The van der Waals surface area contributed by atoms with Crippen LogP contribution < -0.4 is 9.47 Å². The van der Waals surface area contributed by atoms with Crippen molar-refractivity contribution in [3.63, 3.8) is 0 Å². The molecule has 2 nitrogen and oxygen atoms in total. The van der Waals surface area contributed by atoms with Crippen molar-refractivity contribution in [3.8, 4) is 22.6 Å². The van der Waals surface area contributed by atoms with E-state index < -0.39 is 0 Å². The quantitative estimate of drug-likeness (QED) is 0.798. The molecule has 2 heteroatoms. The van der Waals surface area contributed by atoms with E-state index in [0.29, 0.717) is 0 Å². The Morgan fingerprint density at radius 3 is 1.82 bits per heavy atom. The van der Waals surface area contributed by atoms with Gasteiger partial charge in [0.1, 0.15) is 11.5 Å². The van der Waals surface area contributed by atoms with Crippen molar-refractivity contribution in [2.24, 2.45) is 0 Å². The molecule has 2 aromatic carbocycles. The summed E-state index contributed by atoms with van der Waals surface area (Å²) in [6.07, 6.45) is 0. The molecule has 0 spiro atoms. The van der Waals surface area contributed by atoms with Gasteiger partial charge in [-0.3, -0.25) is 0 Å². The first-order chi connectivity index (χ1) is 8.26. The maximum absolute atomic E-state index is 5.38. The minimum Gasteiger partial charge on any atom is -0.496 e. The predicted octanol–water partition coefficient (Wildman–Crippen LogP) is 3.55. The van der Waals surface area contributed by atoms with E-state index in [0.717, 1.165) is 28.2 Å². The molecule has 2 rings (SSSR count). The monoisotopic (exact) mass is 227 g/mol. The molecule has 0 saturated carbocycles. The minimum absolute atomic E-state index is 0.807. The molecule has 1 radical (unpaired) electrons. The highest BCUT2D eigenvalue weighted by molar-refractivity contribution is 5.77. The fraction of sp³-hybridized carbons (Fsp3) is 0.133. The van der Waals surface area contributed by atoms with Crippen LogP contribution >= 0.6 is 0 Å². The predicted molar refractivity (Wildman–Crippen MR) is 69.4 cm³/mol. The van der Waals surface area contributed by atoms with Crippen LogP contribution in [0.4, 0.5) is 0 Å². The molecule has 0 heterocycles. The second kappa shape index (κ2) is 4.91. The van der Waals surface area contributed by atoms with E-state index in [2.05, 4.69) is 6.92 Å². The average molecular weight is 227 g/mol. The number of hydrogen-bond acceptors (Lipinski definition) is 2. The molecule has 0 aliphatic carbocycles. The first kappa shape index (κ1) is 11.5. The Kier molecular flexibility index (Phi) is 3.33. The van der Waals surface area contributed by atoms with E-state index in [9.17, 15) is 0 Å². The van der Waals surface area contributed by atoms with Gasteiger partial charge in [-0.25, -0.2) is 0 Å². The van der Waals surface area contributed by atoms with Gasteiger partial charge in [0.15, 0.2) is 0 Å². The molecule has 87 valence electrons. The topological polar surface area (TPSA) is 18.5 Å². The Morgan fingerprint density at radius 1 is 0.824 bits per heavy atom. The van der Waals surface area contributed by atoms with Gasteiger partial charge in [0.05, 0.1) is 19.8 Å². The lowest BCUT2D eigenvalue weighted by Gasteiger charge is -2.13. The molecule has 17 heavy (non-hydrogen) atoms. The molecule has 0 amide bonds. The molecule has 0 aliphatic heterocycles.